The van der Waals surface area contributed by atoms with Gasteiger partial charge in [-0.2, -0.15) is 0 Å². The molecule has 0 spiro atoms. The van der Waals surface area contributed by atoms with Gasteiger partial charge in [-0.1, -0.05) is 44.2 Å². The van der Waals surface area contributed by atoms with Crippen LogP contribution >= 0.6 is 0 Å². The number of hydrogen-bond acceptors (Lipinski definition) is 2. The van der Waals surface area contributed by atoms with Crippen molar-refractivity contribution in [1.29, 1.82) is 0 Å². The Morgan fingerprint density at radius 3 is 2.29 bits per heavy atom. The molecule has 0 bridgehead atoms. The van der Waals surface area contributed by atoms with E-state index < -0.39 is 5.91 Å². The van der Waals surface area contributed by atoms with Crippen molar-refractivity contribution >= 4 is 11.6 Å². The van der Waals surface area contributed by atoms with Crippen molar-refractivity contribution in [3.8, 4) is 0 Å². The zero-order valence-corrected chi connectivity index (χ0v) is 12.8. The summed E-state index contributed by atoms with van der Waals surface area (Å²) in [7, 11) is 0. The standard InChI is InChI=1S/C18H22N2O/c1-12(2)17(14-7-5-4-6-8-14)20-16-10-9-15(18(19)21)11-13(16)3/h4-12,17,20H,1-3H3,(H2,19,21). The lowest BCUT2D eigenvalue weighted by molar-refractivity contribution is 0.1000. The van der Waals surface area contributed by atoms with Gasteiger partial charge in [-0.25, -0.2) is 0 Å². The van der Waals surface area contributed by atoms with Gasteiger partial charge in [0.05, 0.1) is 6.04 Å². The van der Waals surface area contributed by atoms with Gasteiger partial charge in [0.25, 0.3) is 0 Å². The summed E-state index contributed by atoms with van der Waals surface area (Å²) >= 11 is 0. The van der Waals surface area contributed by atoms with Crippen molar-refractivity contribution in [1.82, 2.24) is 0 Å². The molecule has 2 aromatic carbocycles. The maximum atomic E-state index is 11.2. The monoisotopic (exact) mass is 282 g/mol. The molecule has 0 aliphatic heterocycles. The number of carbonyl (C=O) groups excluding carboxylic acids is 1. The van der Waals surface area contributed by atoms with E-state index in [1.54, 1.807) is 6.07 Å². The molecule has 0 saturated carbocycles. The number of primary amides is 1. The molecule has 3 nitrogen and oxygen atoms in total. The fourth-order valence-corrected chi connectivity index (χ4v) is 2.44. The number of nitrogens with one attached hydrogen (secondary N) is 1. The van der Waals surface area contributed by atoms with Crippen LogP contribution in [0, 0.1) is 12.8 Å². The molecule has 0 saturated heterocycles. The lowest BCUT2D eigenvalue weighted by Gasteiger charge is -2.25. The zero-order chi connectivity index (χ0) is 15.4. The highest BCUT2D eigenvalue weighted by atomic mass is 16.1. The van der Waals surface area contributed by atoms with Gasteiger partial charge in [0.2, 0.25) is 5.91 Å². The Morgan fingerprint density at radius 2 is 1.76 bits per heavy atom. The van der Waals surface area contributed by atoms with Crippen molar-refractivity contribution in [2.24, 2.45) is 11.7 Å². The maximum absolute atomic E-state index is 11.2. The fourth-order valence-electron chi connectivity index (χ4n) is 2.44. The van der Waals surface area contributed by atoms with Crippen molar-refractivity contribution in [2.75, 3.05) is 5.32 Å². The molecule has 0 fully saturated rings. The number of carbonyl (C=O) groups is 1. The average molecular weight is 282 g/mol. The molecule has 1 amide bonds. The van der Waals surface area contributed by atoms with Gasteiger partial charge in [-0.15, -0.1) is 0 Å². The summed E-state index contributed by atoms with van der Waals surface area (Å²) in [6.45, 7) is 6.37. The number of aryl methyl sites for hydroxylation is 1. The molecule has 21 heavy (non-hydrogen) atoms. The number of benzene rings is 2. The van der Waals surface area contributed by atoms with Crippen LogP contribution in [0.2, 0.25) is 0 Å². The van der Waals surface area contributed by atoms with Gasteiger partial charge >= 0.3 is 0 Å². The molecular weight excluding hydrogens is 260 g/mol. The summed E-state index contributed by atoms with van der Waals surface area (Å²) < 4.78 is 0. The Bertz CT molecular complexity index is 620. The normalized spacial score (nSPS) is 12.2. The van der Waals surface area contributed by atoms with Crippen LogP contribution in [-0.4, -0.2) is 5.91 Å². The maximum Gasteiger partial charge on any atom is 0.248 e. The minimum absolute atomic E-state index is 0.226. The topological polar surface area (TPSA) is 55.1 Å². The van der Waals surface area contributed by atoms with E-state index in [0.717, 1.165) is 11.3 Å². The molecule has 0 aliphatic carbocycles. The molecule has 3 N–H and O–H groups in total. The summed E-state index contributed by atoms with van der Waals surface area (Å²) in [5.41, 5.74) is 9.16. The number of hydrogen-bond donors (Lipinski definition) is 2. The van der Waals surface area contributed by atoms with E-state index in [1.807, 2.05) is 25.1 Å². The van der Waals surface area contributed by atoms with Crippen LogP contribution in [0.15, 0.2) is 48.5 Å². The van der Waals surface area contributed by atoms with E-state index >= 15 is 0 Å². The molecule has 0 aliphatic rings. The molecule has 0 aromatic heterocycles. The van der Waals surface area contributed by atoms with E-state index in [1.165, 1.54) is 5.56 Å². The smallest absolute Gasteiger partial charge is 0.248 e. The van der Waals surface area contributed by atoms with Crippen molar-refractivity contribution < 1.29 is 4.79 Å². The predicted octanol–water partition coefficient (Wildman–Crippen LogP) is 3.90. The van der Waals surface area contributed by atoms with Crippen LogP contribution in [0.3, 0.4) is 0 Å². The minimum Gasteiger partial charge on any atom is -0.378 e. The van der Waals surface area contributed by atoms with Crippen LogP contribution in [0.5, 0.6) is 0 Å². The highest BCUT2D eigenvalue weighted by molar-refractivity contribution is 5.93. The highest BCUT2D eigenvalue weighted by Crippen LogP contribution is 2.28. The zero-order valence-electron chi connectivity index (χ0n) is 12.8. The van der Waals surface area contributed by atoms with Gasteiger partial charge in [0.1, 0.15) is 0 Å². The average Bonchev–Trinajstić information content (AvgIpc) is 2.46. The lowest BCUT2D eigenvalue weighted by Crippen LogP contribution is -2.18. The number of nitrogens with two attached hydrogens (primary N) is 1. The predicted molar refractivity (Wildman–Crippen MR) is 87.3 cm³/mol. The van der Waals surface area contributed by atoms with E-state index in [4.69, 9.17) is 5.73 Å². The molecule has 2 aromatic rings. The Balaban J connectivity index is 2.28. The highest BCUT2D eigenvalue weighted by Gasteiger charge is 2.16. The van der Waals surface area contributed by atoms with Crippen molar-refractivity contribution in [2.45, 2.75) is 26.8 Å². The first-order valence-corrected chi connectivity index (χ1v) is 7.21. The quantitative estimate of drug-likeness (QED) is 0.873. The second-order valence-electron chi connectivity index (χ2n) is 5.67. The number of anilines is 1. The summed E-state index contributed by atoms with van der Waals surface area (Å²) in [5, 5.41) is 3.58. The lowest BCUT2D eigenvalue weighted by atomic mass is 9.95. The molecule has 3 heteroatoms. The van der Waals surface area contributed by atoms with Gasteiger partial charge in [-0.3, -0.25) is 4.79 Å². The van der Waals surface area contributed by atoms with Crippen LogP contribution in [0.1, 0.15) is 41.4 Å². The molecule has 1 atom stereocenters. The molecule has 0 heterocycles. The van der Waals surface area contributed by atoms with Crippen LogP contribution in [-0.2, 0) is 0 Å². The molecule has 0 radical (unpaired) electrons. The number of rotatable bonds is 5. The fraction of sp³-hybridized carbons (Fsp3) is 0.278. The first-order valence-electron chi connectivity index (χ1n) is 7.21. The van der Waals surface area contributed by atoms with Crippen LogP contribution in [0.4, 0.5) is 5.69 Å². The van der Waals surface area contributed by atoms with E-state index in [-0.39, 0.29) is 6.04 Å². The Labute approximate surface area is 126 Å². The Morgan fingerprint density at radius 1 is 1.10 bits per heavy atom. The summed E-state index contributed by atoms with van der Waals surface area (Å²) in [6, 6.07) is 16.1. The SMILES string of the molecule is Cc1cc(C(N)=O)ccc1NC(c1ccccc1)C(C)C. The van der Waals surface area contributed by atoms with Gasteiger partial charge in [0, 0.05) is 11.3 Å². The van der Waals surface area contributed by atoms with E-state index in [0.29, 0.717) is 11.5 Å². The van der Waals surface area contributed by atoms with Crippen molar-refractivity contribution in [3.63, 3.8) is 0 Å². The third-order valence-corrected chi connectivity index (χ3v) is 3.65. The van der Waals surface area contributed by atoms with Crippen molar-refractivity contribution in [3.05, 3.63) is 65.2 Å². The first-order chi connectivity index (χ1) is 9.99. The van der Waals surface area contributed by atoms with Gasteiger partial charge < -0.3 is 11.1 Å². The minimum atomic E-state index is -0.395. The molecule has 110 valence electrons. The van der Waals surface area contributed by atoms with E-state index in [2.05, 4.69) is 43.4 Å². The Hall–Kier alpha value is -2.29. The first kappa shape index (κ1) is 15.1. The second kappa shape index (κ2) is 6.44. The van der Waals surface area contributed by atoms with Crippen LogP contribution in [0.25, 0.3) is 0 Å². The van der Waals surface area contributed by atoms with Gasteiger partial charge in [0.15, 0.2) is 0 Å². The largest absolute Gasteiger partial charge is 0.378 e. The van der Waals surface area contributed by atoms with Crippen LogP contribution < -0.4 is 11.1 Å². The Kier molecular flexibility index (Phi) is 4.63. The summed E-state index contributed by atoms with van der Waals surface area (Å²) in [6.07, 6.45) is 0. The van der Waals surface area contributed by atoms with Gasteiger partial charge in [-0.05, 0) is 42.2 Å². The summed E-state index contributed by atoms with van der Waals surface area (Å²) in [4.78, 5) is 11.2. The summed E-state index contributed by atoms with van der Waals surface area (Å²) in [5.74, 6) is 0.0516. The van der Waals surface area contributed by atoms with E-state index in [9.17, 15) is 4.79 Å². The second-order valence-corrected chi connectivity index (χ2v) is 5.67. The third-order valence-electron chi connectivity index (χ3n) is 3.65. The number of amides is 1. The molecule has 2 rings (SSSR count). The molecular formula is C18H22N2O. The third kappa shape index (κ3) is 3.63. The molecule has 1 unspecified atom stereocenters.